The molecule has 17 heavy (non-hydrogen) atoms. The molecular formula is C14H28N2O. The molecule has 2 fully saturated rings. The maximum Gasteiger partial charge on any atom is 0.0576 e. The molecule has 1 N–H and O–H groups in total. The van der Waals surface area contributed by atoms with Crippen molar-refractivity contribution >= 4 is 0 Å². The van der Waals surface area contributed by atoms with Gasteiger partial charge < -0.3 is 15.0 Å². The summed E-state index contributed by atoms with van der Waals surface area (Å²) in [6, 6.07) is 0. The highest BCUT2D eigenvalue weighted by molar-refractivity contribution is 4.76. The molecule has 0 saturated carbocycles. The molecule has 100 valence electrons. The molecule has 2 aliphatic heterocycles. The maximum absolute atomic E-state index is 5.63. The highest BCUT2D eigenvalue weighted by atomic mass is 16.5. The highest BCUT2D eigenvalue weighted by Crippen LogP contribution is 2.17. The molecule has 3 heteroatoms. The Morgan fingerprint density at radius 3 is 3.00 bits per heavy atom. The predicted molar refractivity (Wildman–Crippen MR) is 71.3 cm³/mol. The van der Waals surface area contributed by atoms with Crippen molar-refractivity contribution in [1.82, 2.24) is 10.2 Å². The Balaban J connectivity index is 1.43. The van der Waals surface area contributed by atoms with E-state index < -0.39 is 0 Å². The summed E-state index contributed by atoms with van der Waals surface area (Å²) in [7, 11) is 0. The van der Waals surface area contributed by atoms with E-state index in [0.717, 1.165) is 12.5 Å². The summed E-state index contributed by atoms with van der Waals surface area (Å²) in [5.74, 6) is 0.887. The molecule has 0 bridgehead atoms. The van der Waals surface area contributed by atoms with Crippen molar-refractivity contribution in [3.05, 3.63) is 0 Å². The quantitative estimate of drug-likeness (QED) is 0.688. The first-order valence-corrected chi connectivity index (χ1v) is 7.43. The number of nitrogens with zero attached hydrogens (tertiary/aromatic N) is 1. The van der Waals surface area contributed by atoms with Crippen LogP contribution in [0.4, 0.5) is 0 Å². The van der Waals surface area contributed by atoms with Crippen LogP contribution in [0, 0.1) is 5.92 Å². The summed E-state index contributed by atoms with van der Waals surface area (Å²) in [6.45, 7) is 9.46. The summed E-state index contributed by atoms with van der Waals surface area (Å²) in [4.78, 5) is 2.55. The second-order valence-electron chi connectivity index (χ2n) is 5.53. The first-order chi connectivity index (χ1) is 8.38. The topological polar surface area (TPSA) is 24.5 Å². The molecule has 0 spiro atoms. The number of nitrogens with one attached hydrogen (secondary N) is 1. The van der Waals surface area contributed by atoms with Gasteiger partial charge in [0, 0.05) is 13.2 Å². The van der Waals surface area contributed by atoms with Crippen molar-refractivity contribution in [2.75, 3.05) is 39.3 Å². The van der Waals surface area contributed by atoms with E-state index in [1.165, 1.54) is 64.8 Å². The largest absolute Gasteiger partial charge is 0.378 e. The van der Waals surface area contributed by atoms with E-state index in [9.17, 15) is 0 Å². The van der Waals surface area contributed by atoms with Crippen LogP contribution in [0.2, 0.25) is 0 Å². The minimum absolute atomic E-state index is 0.568. The molecule has 0 amide bonds. The molecular weight excluding hydrogens is 212 g/mol. The van der Waals surface area contributed by atoms with Crippen molar-refractivity contribution in [3.8, 4) is 0 Å². The van der Waals surface area contributed by atoms with E-state index in [4.69, 9.17) is 4.74 Å². The van der Waals surface area contributed by atoms with Gasteiger partial charge in [-0.05, 0) is 64.2 Å². The van der Waals surface area contributed by atoms with Crippen molar-refractivity contribution in [2.24, 2.45) is 5.92 Å². The van der Waals surface area contributed by atoms with Crippen LogP contribution in [0.25, 0.3) is 0 Å². The fourth-order valence-corrected chi connectivity index (χ4v) is 3.00. The van der Waals surface area contributed by atoms with Gasteiger partial charge in [-0.3, -0.25) is 0 Å². The van der Waals surface area contributed by atoms with Crippen LogP contribution >= 0.6 is 0 Å². The van der Waals surface area contributed by atoms with E-state index in [1.807, 2.05) is 0 Å². The SMILES string of the molecule is CCN1CCC(CNCCCC2CCCO2)C1. The monoisotopic (exact) mass is 240 g/mol. The van der Waals surface area contributed by atoms with Crippen LogP contribution in [0.3, 0.4) is 0 Å². The van der Waals surface area contributed by atoms with E-state index in [2.05, 4.69) is 17.1 Å². The fraction of sp³-hybridized carbons (Fsp3) is 1.00. The molecule has 2 rings (SSSR count). The molecule has 0 aromatic carbocycles. The minimum atomic E-state index is 0.568. The van der Waals surface area contributed by atoms with Gasteiger partial charge >= 0.3 is 0 Å². The second-order valence-corrected chi connectivity index (χ2v) is 5.53. The summed E-state index contributed by atoms with van der Waals surface area (Å²) >= 11 is 0. The lowest BCUT2D eigenvalue weighted by molar-refractivity contribution is 0.102. The standard InChI is InChI=1S/C14H28N2O/c1-2-16-9-7-13(12-16)11-15-8-3-5-14-6-4-10-17-14/h13-15H,2-12H2,1H3. The molecule has 3 nitrogen and oxygen atoms in total. The Hall–Kier alpha value is -0.120. The molecule has 0 aromatic rings. The third-order valence-electron chi connectivity index (χ3n) is 4.15. The highest BCUT2D eigenvalue weighted by Gasteiger charge is 2.20. The van der Waals surface area contributed by atoms with Crippen LogP contribution < -0.4 is 5.32 Å². The van der Waals surface area contributed by atoms with Gasteiger partial charge in [-0.15, -0.1) is 0 Å². The molecule has 2 heterocycles. The van der Waals surface area contributed by atoms with Crippen molar-refractivity contribution in [1.29, 1.82) is 0 Å². The van der Waals surface area contributed by atoms with E-state index in [-0.39, 0.29) is 0 Å². The zero-order chi connectivity index (χ0) is 11.9. The number of ether oxygens (including phenoxy) is 1. The average molecular weight is 240 g/mol. The van der Waals surface area contributed by atoms with Crippen LogP contribution in [0.1, 0.15) is 39.0 Å². The Bertz CT molecular complexity index is 204. The zero-order valence-electron chi connectivity index (χ0n) is 11.3. The minimum Gasteiger partial charge on any atom is -0.378 e. The molecule has 2 saturated heterocycles. The number of likely N-dealkylation sites (tertiary alicyclic amines) is 1. The third-order valence-corrected chi connectivity index (χ3v) is 4.15. The van der Waals surface area contributed by atoms with Gasteiger partial charge in [-0.25, -0.2) is 0 Å². The average Bonchev–Trinajstić information content (AvgIpc) is 2.99. The molecule has 0 radical (unpaired) electrons. The van der Waals surface area contributed by atoms with Crippen molar-refractivity contribution in [2.45, 2.75) is 45.1 Å². The zero-order valence-corrected chi connectivity index (χ0v) is 11.3. The Morgan fingerprint density at radius 2 is 2.29 bits per heavy atom. The van der Waals surface area contributed by atoms with E-state index in [1.54, 1.807) is 0 Å². The fourth-order valence-electron chi connectivity index (χ4n) is 3.00. The number of hydrogen-bond donors (Lipinski definition) is 1. The van der Waals surface area contributed by atoms with Gasteiger partial charge in [-0.1, -0.05) is 6.92 Å². The predicted octanol–water partition coefficient (Wildman–Crippen LogP) is 1.88. The Morgan fingerprint density at radius 1 is 1.35 bits per heavy atom. The number of hydrogen-bond acceptors (Lipinski definition) is 3. The van der Waals surface area contributed by atoms with E-state index in [0.29, 0.717) is 6.10 Å². The lowest BCUT2D eigenvalue weighted by Crippen LogP contribution is -2.27. The molecule has 0 aliphatic carbocycles. The Kier molecular flexibility index (Phi) is 5.75. The van der Waals surface area contributed by atoms with Crippen molar-refractivity contribution in [3.63, 3.8) is 0 Å². The van der Waals surface area contributed by atoms with Crippen LogP contribution in [-0.2, 0) is 4.74 Å². The molecule has 2 aliphatic rings. The first-order valence-electron chi connectivity index (χ1n) is 7.43. The summed E-state index contributed by atoms with van der Waals surface area (Å²) < 4.78 is 5.63. The maximum atomic E-state index is 5.63. The van der Waals surface area contributed by atoms with E-state index >= 15 is 0 Å². The van der Waals surface area contributed by atoms with Crippen LogP contribution in [-0.4, -0.2) is 50.3 Å². The lowest BCUT2D eigenvalue weighted by atomic mass is 10.1. The number of rotatable bonds is 7. The van der Waals surface area contributed by atoms with Crippen LogP contribution in [0.5, 0.6) is 0 Å². The third kappa shape index (κ3) is 4.57. The van der Waals surface area contributed by atoms with Crippen LogP contribution in [0.15, 0.2) is 0 Å². The molecule has 2 unspecified atom stereocenters. The normalized spacial score (nSPS) is 30.2. The van der Waals surface area contributed by atoms with Gasteiger partial charge in [-0.2, -0.15) is 0 Å². The first kappa shape index (κ1) is 13.3. The van der Waals surface area contributed by atoms with Gasteiger partial charge in [0.1, 0.15) is 0 Å². The molecule has 0 aromatic heterocycles. The van der Waals surface area contributed by atoms with Gasteiger partial charge in [0.2, 0.25) is 0 Å². The van der Waals surface area contributed by atoms with Gasteiger partial charge in [0.05, 0.1) is 6.10 Å². The summed E-state index contributed by atoms with van der Waals surface area (Å²) in [5, 5.41) is 3.61. The van der Waals surface area contributed by atoms with Crippen molar-refractivity contribution < 1.29 is 4.74 Å². The van der Waals surface area contributed by atoms with Gasteiger partial charge in [0.25, 0.3) is 0 Å². The summed E-state index contributed by atoms with van der Waals surface area (Å²) in [5.41, 5.74) is 0. The lowest BCUT2D eigenvalue weighted by Gasteiger charge is -2.14. The molecule has 2 atom stereocenters. The second kappa shape index (κ2) is 7.34. The van der Waals surface area contributed by atoms with Gasteiger partial charge in [0.15, 0.2) is 0 Å². The smallest absolute Gasteiger partial charge is 0.0576 e. The Labute approximate surface area is 106 Å². The summed E-state index contributed by atoms with van der Waals surface area (Å²) in [6.07, 6.45) is 7.03.